The van der Waals surface area contributed by atoms with Crippen LogP contribution in [0, 0.1) is 5.41 Å². The van der Waals surface area contributed by atoms with Crippen molar-refractivity contribution in [2.24, 2.45) is 5.41 Å². The zero-order valence-electron chi connectivity index (χ0n) is 10.6. The van der Waals surface area contributed by atoms with Crippen LogP contribution in [0.1, 0.15) is 19.3 Å². The molecule has 4 heteroatoms. The number of pyridine rings is 1. The number of hydrogen-bond donors (Lipinski definition) is 2. The lowest BCUT2D eigenvalue weighted by molar-refractivity contribution is -0.153. The fraction of sp³-hybridized carbons (Fsp3) is 0.333. The molecule has 1 aromatic heterocycles. The van der Waals surface area contributed by atoms with E-state index in [4.69, 9.17) is 0 Å². The third-order valence-corrected chi connectivity index (χ3v) is 4.03. The van der Waals surface area contributed by atoms with Crippen LogP contribution in [0.15, 0.2) is 36.5 Å². The highest BCUT2D eigenvalue weighted by molar-refractivity contribution is 5.91. The van der Waals surface area contributed by atoms with Crippen LogP contribution in [-0.4, -0.2) is 22.6 Å². The summed E-state index contributed by atoms with van der Waals surface area (Å²) in [6.45, 7) is 0.482. The Morgan fingerprint density at radius 1 is 1.32 bits per heavy atom. The van der Waals surface area contributed by atoms with Crippen LogP contribution < -0.4 is 5.32 Å². The van der Waals surface area contributed by atoms with Gasteiger partial charge in [-0.25, -0.2) is 0 Å². The Balaban J connectivity index is 1.84. The Bertz CT molecular complexity index is 615. The number of anilines is 1. The van der Waals surface area contributed by atoms with Gasteiger partial charge in [-0.15, -0.1) is 0 Å². The summed E-state index contributed by atoms with van der Waals surface area (Å²) in [6.07, 6.45) is 4.28. The van der Waals surface area contributed by atoms with Crippen molar-refractivity contribution in [3.05, 3.63) is 36.5 Å². The molecule has 0 aliphatic heterocycles. The van der Waals surface area contributed by atoms with Gasteiger partial charge in [0, 0.05) is 23.8 Å². The molecule has 1 aliphatic rings. The topological polar surface area (TPSA) is 62.2 Å². The quantitative estimate of drug-likeness (QED) is 0.883. The summed E-state index contributed by atoms with van der Waals surface area (Å²) in [7, 11) is 0. The number of aliphatic carboxylic acids is 1. The molecule has 1 saturated carbocycles. The zero-order chi connectivity index (χ0) is 13.3. The van der Waals surface area contributed by atoms with Crippen molar-refractivity contribution >= 4 is 22.6 Å². The van der Waals surface area contributed by atoms with E-state index < -0.39 is 11.4 Å². The van der Waals surface area contributed by atoms with Crippen molar-refractivity contribution in [3.8, 4) is 0 Å². The molecule has 3 rings (SSSR count). The van der Waals surface area contributed by atoms with Crippen molar-refractivity contribution in [2.45, 2.75) is 19.3 Å². The van der Waals surface area contributed by atoms with E-state index in [1.807, 2.05) is 30.3 Å². The fourth-order valence-electron chi connectivity index (χ4n) is 2.58. The molecule has 98 valence electrons. The molecule has 0 saturated heterocycles. The highest BCUT2D eigenvalue weighted by atomic mass is 16.4. The van der Waals surface area contributed by atoms with E-state index in [2.05, 4.69) is 10.3 Å². The van der Waals surface area contributed by atoms with Gasteiger partial charge in [0.1, 0.15) is 0 Å². The third kappa shape index (κ3) is 2.03. The van der Waals surface area contributed by atoms with E-state index in [9.17, 15) is 9.90 Å². The largest absolute Gasteiger partial charge is 0.481 e. The van der Waals surface area contributed by atoms with Gasteiger partial charge >= 0.3 is 5.97 Å². The summed E-state index contributed by atoms with van der Waals surface area (Å²) in [4.78, 5) is 15.6. The number of nitrogens with zero attached hydrogens (tertiary/aromatic N) is 1. The van der Waals surface area contributed by atoms with Crippen LogP contribution in [0.5, 0.6) is 0 Å². The number of aromatic nitrogens is 1. The highest BCUT2D eigenvalue weighted by Crippen LogP contribution is 2.41. The van der Waals surface area contributed by atoms with E-state index in [0.29, 0.717) is 6.54 Å². The number of fused-ring (bicyclic) bond motifs is 1. The smallest absolute Gasteiger partial charge is 0.311 e. The average Bonchev–Trinajstić information content (AvgIpc) is 2.37. The van der Waals surface area contributed by atoms with Gasteiger partial charge in [-0.2, -0.15) is 0 Å². The molecule has 0 atom stereocenters. The summed E-state index contributed by atoms with van der Waals surface area (Å²) in [5.74, 6) is -0.690. The van der Waals surface area contributed by atoms with Gasteiger partial charge in [0.05, 0.1) is 10.9 Å². The maximum Gasteiger partial charge on any atom is 0.311 e. The molecule has 0 spiro atoms. The summed E-state index contributed by atoms with van der Waals surface area (Å²) < 4.78 is 0. The first-order chi connectivity index (χ1) is 9.21. The number of carboxylic acids is 1. The predicted molar refractivity (Wildman–Crippen MR) is 74.2 cm³/mol. The van der Waals surface area contributed by atoms with Gasteiger partial charge in [0.2, 0.25) is 0 Å². The summed E-state index contributed by atoms with van der Waals surface area (Å²) >= 11 is 0. The summed E-state index contributed by atoms with van der Waals surface area (Å²) in [5, 5.41) is 13.6. The van der Waals surface area contributed by atoms with Crippen LogP contribution >= 0.6 is 0 Å². The zero-order valence-corrected chi connectivity index (χ0v) is 10.6. The van der Waals surface area contributed by atoms with E-state index >= 15 is 0 Å². The molecule has 0 unspecified atom stereocenters. The van der Waals surface area contributed by atoms with Crippen LogP contribution in [0.25, 0.3) is 10.9 Å². The van der Waals surface area contributed by atoms with E-state index in [-0.39, 0.29) is 0 Å². The number of carboxylic acid groups (broad SMARTS) is 1. The number of carbonyl (C=O) groups is 1. The third-order valence-electron chi connectivity index (χ3n) is 4.03. The molecule has 2 N–H and O–H groups in total. The van der Waals surface area contributed by atoms with Gasteiger partial charge in [-0.3, -0.25) is 9.78 Å². The standard InChI is InChI=1S/C15H16N2O2/c18-14(19)15(7-3-8-15)10-17-13-6-9-16-12-5-2-1-4-11(12)13/h1-2,4-6,9H,3,7-8,10H2,(H,16,17)(H,18,19). The fourth-order valence-corrected chi connectivity index (χ4v) is 2.58. The normalized spacial score (nSPS) is 16.8. The number of hydrogen-bond acceptors (Lipinski definition) is 3. The molecule has 1 heterocycles. The van der Waals surface area contributed by atoms with Gasteiger partial charge in [0.25, 0.3) is 0 Å². The number of para-hydroxylation sites is 1. The van der Waals surface area contributed by atoms with E-state index in [1.165, 1.54) is 0 Å². The number of nitrogens with one attached hydrogen (secondary N) is 1. The first-order valence-corrected chi connectivity index (χ1v) is 6.52. The molecule has 0 bridgehead atoms. The molecular formula is C15H16N2O2. The second-order valence-corrected chi connectivity index (χ2v) is 5.17. The second kappa shape index (κ2) is 4.53. The van der Waals surface area contributed by atoms with Crippen LogP contribution in [0.2, 0.25) is 0 Å². The predicted octanol–water partition coefficient (Wildman–Crippen LogP) is 2.90. The van der Waals surface area contributed by atoms with Crippen molar-refractivity contribution in [1.29, 1.82) is 0 Å². The first-order valence-electron chi connectivity index (χ1n) is 6.52. The maximum atomic E-state index is 11.3. The lowest BCUT2D eigenvalue weighted by Gasteiger charge is -2.38. The van der Waals surface area contributed by atoms with Crippen molar-refractivity contribution in [3.63, 3.8) is 0 Å². The lowest BCUT2D eigenvalue weighted by Crippen LogP contribution is -2.43. The minimum Gasteiger partial charge on any atom is -0.481 e. The SMILES string of the molecule is O=C(O)C1(CNc2ccnc3ccccc23)CCC1. The average molecular weight is 256 g/mol. The first kappa shape index (κ1) is 12.0. The Hall–Kier alpha value is -2.10. The Kier molecular flexibility index (Phi) is 2.85. The molecule has 0 amide bonds. The van der Waals surface area contributed by atoms with Crippen molar-refractivity contribution in [1.82, 2.24) is 4.98 Å². The molecule has 1 fully saturated rings. The molecule has 1 aliphatic carbocycles. The second-order valence-electron chi connectivity index (χ2n) is 5.17. The number of rotatable bonds is 4. The van der Waals surface area contributed by atoms with Crippen molar-refractivity contribution in [2.75, 3.05) is 11.9 Å². The number of benzene rings is 1. The molecule has 2 aromatic rings. The molecule has 19 heavy (non-hydrogen) atoms. The van der Waals surface area contributed by atoms with Crippen LogP contribution in [0.4, 0.5) is 5.69 Å². The monoisotopic (exact) mass is 256 g/mol. The van der Waals surface area contributed by atoms with Gasteiger partial charge < -0.3 is 10.4 Å². The molecular weight excluding hydrogens is 240 g/mol. The van der Waals surface area contributed by atoms with E-state index in [1.54, 1.807) is 6.20 Å². The molecule has 1 aromatic carbocycles. The Morgan fingerprint density at radius 3 is 2.79 bits per heavy atom. The van der Waals surface area contributed by atoms with E-state index in [0.717, 1.165) is 35.9 Å². The Labute approximate surface area is 111 Å². The minimum absolute atomic E-state index is 0.482. The van der Waals surface area contributed by atoms with Gasteiger partial charge in [-0.1, -0.05) is 24.6 Å². The lowest BCUT2D eigenvalue weighted by atomic mass is 9.69. The van der Waals surface area contributed by atoms with Gasteiger partial charge in [0.15, 0.2) is 0 Å². The molecule has 4 nitrogen and oxygen atoms in total. The van der Waals surface area contributed by atoms with Gasteiger partial charge in [-0.05, 0) is 25.0 Å². The summed E-state index contributed by atoms with van der Waals surface area (Å²) in [6, 6.07) is 9.77. The summed E-state index contributed by atoms with van der Waals surface area (Å²) in [5.41, 5.74) is 1.30. The van der Waals surface area contributed by atoms with Crippen LogP contribution in [0.3, 0.4) is 0 Å². The van der Waals surface area contributed by atoms with Crippen molar-refractivity contribution < 1.29 is 9.90 Å². The maximum absolute atomic E-state index is 11.3. The highest BCUT2D eigenvalue weighted by Gasteiger charge is 2.44. The Morgan fingerprint density at radius 2 is 2.11 bits per heavy atom. The molecule has 0 radical (unpaired) electrons. The minimum atomic E-state index is -0.690. The van der Waals surface area contributed by atoms with Crippen LogP contribution in [-0.2, 0) is 4.79 Å².